The number of aromatic nitrogens is 3. The topological polar surface area (TPSA) is 71.0 Å². The van der Waals surface area contributed by atoms with Gasteiger partial charge in [0.1, 0.15) is 0 Å². The summed E-state index contributed by atoms with van der Waals surface area (Å²) < 4.78 is 1.75. The minimum absolute atomic E-state index is 0.304. The van der Waals surface area contributed by atoms with Gasteiger partial charge < -0.3 is 9.88 Å². The lowest BCUT2D eigenvalue weighted by Crippen LogP contribution is -2.33. The monoisotopic (exact) mass is 372 g/mol. The van der Waals surface area contributed by atoms with Gasteiger partial charge in [0.25, 0.3) is 11.7 Å². The first kappa shape index (κ1) is 17.7. The number of carbonyl (C=O) groups is 2. The van der Waals surface area contributed by atoms with E-state index in [1.807, 2.05) is 67.7 Å². The van der Waals surface area contributed by atoms with Gasteiger partial charge in [-0.3, -0.25) is 9.59 Å². The number of Topliss-reactive ketones (excluding diaryl/α,β-unsaturated/α-hetero) is 1. The van der Waals surface area contributed by atoms with Crippen molar-refractivity contribution in [2.45, 2.75) is 13.5 Å². The highest BCUT2D eigenvalue weighted by atomic mass is 16.2. The van der Waals surface area contributed by atoms with E-state index in [-0.39, 0.29) is 0 Å². The Bertz CT molecular complexity index is 1160. The number of fused-ring (bicyclic) bond motifs is 1. The maximum atomic E-state index is 12.9. The van der Waals surface area contributed by atoms with Crippen LogP contribution in [-0.2, 0) is 11.3 Å². The van der Waals surface area contributed by atoms with E-state index in [4.69, 9.17) is 0 Å². The molecule has 2 heterocycles. The van der Waals surface area contributed by atoms with Gasteiger partial charge in [-0.05, 0) is 25.1 Å². The van der Waals surface area contributed by atoms with Gasteiger partial charge in [0.15, 0.2) is 0 Å². The van der Waals surface area contributed by atoms with Gasteiger partial charge >= 0.3 is 0 Å². The maximum Gasteiger partial charge on any atom is 0.295 e. The number of para-hydroxylation sites is 2. The molecule has 2 aromatic carbocycles. The molecule has 6 nitrogen and oxygen atoms in total. The Labute approximate surface area is 162 Å². The maximum absolute atomic E-state index is 12.9. The molecule has 0 saturated heterocycles. The highest BCUT2D eigenvalue weighted by Gasteiger charge is 2.25. The Kier molecular flexibility index (Phi) is 4.53. The van der Waals surface area contributed by atoms with Crippen LogP contribution >= 0.6 is 0 Å². The predicted octanol–water partition coefficient (Wildman–Crippen LogP) is 3.50. The van der Waals surface area contributed by atoms with E-state index in [0.717, 1.165) is 22.2 Å². The SMILES string of the molecule is Cc1[nH]c2ccccc2c1C(=O)C(=O)N(C)Cc1cnn(-c2ccccc2)c1. The van der Waals surface area contributed by atoms with Crippen LogP contribution in [0.4, 0.5) is 0 Å². The van der Waals surface area contributed by atoms with Crippen LogP contribution in [0.1, 0.15) is 21.6 Å². The van der Waals surface area contributed by atoms with Crippen molar-refractivity contribution in [3.05, 3.63) is 83.8 Å². The standard InChI is InChI=1S/C22H20N4O2/c1-15-20(18-10-6-7-11-19(18)24-15)21(27)22(28)25(2)13-16-12-23-26(14-16)17-8-4-3-5-9-17/h3-12,14,24H,13H2,1-2H3. The summed E-state index contributed by atoms with van der Waals surface area (Å²) >= 11 is 0. The lowest BCUT2D eigenvalue weighted by Gasteiger charge is -2.15. The van der Waals surface area contributed by atoms with E-state index < -0.39 is 11.7 Å². The van der Waals surface area contributed by atoms with Crippen LogP contribution in [0.5, 0.6) is 0 Å². The summed E-state index contributed by atoms with van der Waals surface area (Å²) in [6.07, 6.45) is 3.57. The number of carbonyl (C=O) groups excluding carboxylic acids is 2. The van der Waals surface area contributed by atoms with Gasteiger partial charge in [-0.25, -0.2) is 4.68 Å². The lowest BCUT2D eigenvalue weighted by atomic mass is 10.1. The third-order valence-electron chi connectivity index (χ3n) is 4.74. The number of nitrogens with zero attached hydrogens (tertiary/aromatic N) is 3. The summed E-state index contributed by atoms with van der Waals surface area (Å²) in [5, 5.41) is 5.10. The summed E-state index contributed by atoms with van der Waals surface area (Å²) in [4.78, 5) is 30.2. The van der Waals surface area contributed by atoms with Gasteiger partial charge in [-0.1, -0.05) is 36.4 Å². The second kappa shape index (κ2) is 7.15. The van der Waals surface area contributed by atoms with Crippen molar-refractivity contribution in [2.24, 2.45) is 0 Å². The zero-order valence-corrected chi connectivity index (χ0v) is 15.7. The van der Waals surface area contributed by atoms with Crippen molar-refractivity contribution in [2.75, 3.05) is 7.05 Å². The number of rotatable bonds is 5. The second-order valence-electron chi connectivity index (χ2n) is 6.79. The second-order valence-corrected chi connectivity index (χ2v) is 6.79. The van der Waals surface area contributed by atoms with E-state index in [2.05, 4.69) is 10.1 Å². The molecule has 0 unspecified atom stereocenters. The van der Waals surface area contributed by atoms with Crippen molar-refractivity contribution in [1.29, 1.82) is 0 Å². The molecule has 2 aromatic heterocycles. The van der Waals surface area contributed by atoms with Gasteiger partial charge in [-0.15, -0.1) is 0 Å². The van der Waals surface area contributed by atoms with Crippen molar-refractivity contribution in [3.8, 4) is 5.69 Å². The van der Waals surface area contributed by atoms with Gasteiger partial charge in [-0.2, -0.15) is 5.10 Å². The number of hydrogen-bond acceptors (Lipinski definition) is 3. The number of aromatic amines is 1. The van der Waals surface area contributed by atoms with Crippen LogP contribution in [-0.4, -0.2) is 38.4 Å². The molecule has 0 fully saturated rings. The number of likely N-dealkylation sites (N-methyl/N-ethyl adjacent to an activating group) is 1. The number of benzene rings is 2. The molecule has 0 aliphatic rings. The molecule has 1 amide bonds. The first-order valence-corrected chi connectivity index (χ1v) is 9.00. The normalized spacial score (nSPS) is 10.9. The zero-order chi connectivity index (χ0) is 19.7. The van der Waals surface area contributed by atoms with Crippen molar-refractivity contribution < 1.29 is 9.59 Å². The molecule has 0 atom stereocenters. The van der Waals surface area contributed by atoms with E-state index in [9.17, 15) is 9.59 Å². The number of aryl methyl sites for hydroxylation is 1. The molecule has 4 rings (SSSR count). The summed E-state index contributed by atoms with van der Waals surface area (Å²) in [5.41, 5.74) is 3.77. The Hall–Kier alpha value is -3.67. The van der Waals surface area contributed by atoms with Crippen LogP contribution in [0.25, 0.3) is 16.6 Å². The first-order valence-electron chi connectivity index (χ1n) is 9.00. The Morgan fingerprint density at radius 1 is 1.07 bits per heavy atom. The largest absolute Gasteiger partial charge is 0.358 e. The highest BCUT2D eigenvalue weighted by molar-refractivity contribution is 6.45. The fourth-order valence-electron chi connectivity index (χ4n) is 3.36. The number of nitrogens with one attached hydrogen (secondary N) is 1. The molecule has 0 saturated carbocycles. The quantitative estimate of drug-likeness (QED) is 0.430. The number of amides is 1. The smallest absolute Gasteiger partial charge is 0.295 e. The number of ketones is 1. The summed E-state index contributed by atoms with van der Waals surface area (Å²) in [7, 11) is 1.63. The fourth-order valence-corrected chi connectivity index (χ4v) is 3.36. The van der Waals surface area contributed by atoms with Crippen LogP contribution in [0.2, 0.25) is 0 Å². The summed E-state index contributed by atoms with van der Waals surface area (Å²) in [6, 6.07) is 17.2. The van der Waals surface area contributed by atoms with Crippen LogP contribution in [0.3, 0.4) is 0 Å². The molecule has 4 aromatic rings. The van der Waals surface area contributed by atoms with E-state index in [0.29, 0.717) is 17.8 Å². The molecule has 28 heavy (non-hydrogen) atoms. The van der Waals surface area contributed by atoms with Crippen LogP contribution < -0.4 is 0 Å². The van der Waals surface area contributed by atoms with E-state index >= 15 is 0 Å². The highest BCUT2D eigenvalue weighted by Crippen LogP contribution is 2.23. The third-order valence-corrected chi connectivity index (χ3v) is 4.74. The van der Waals surface area contributed by atoms with Crippen LogP contribution in [0.15, 0.2) is 67.0 Å². The fraction of sp³-hybridized carbons (Fsp3) is 0.136. The molecule has 0 bridgehead atoms. The molecule has 140 valence electrons. The minimum atomic E-state index is -0.541. The molecule has 0 spiro atoms. The van der Waals surface area contributed by atoms with Crippen molar-refractivity contribution in [1.82, 2.24) is 19.7 Å². The van der Waals surface area contributed by atoms with Gasteiger partial charge in [0, 0.05) is 41.9 Å². The zero-order valence-electron chi connectivity index (χ0n) is 15.7. The third kappa shape index (κ3) is 3.20. The first-order chi connectivity index (χ1) is 13.5. The number of hydrogen-bond donors (Lipinski definition) is 1. The van der Waals surface area contributed by atoms with Crippen molar-refractivity contribution >= 4 is 22.6 Å². The summed E-state index contributed by atoms with van der Waals surface area (Å²) in [5.74, 6) is -1.05. The van der Waals surface area contributed by atoms with Crippen molar-refractivity contribution in [3.63, 3.8) is 0 Å². The molecule has 0 aliphatic heterocycles. The van der Waals surface area contributed by atoms with Crippen LogP contribution in [0, 0.1) is 6.92 Å². The Morgan fingerprint density at radius 3 is 2.57 bits per heavy atom. The molecule has 0 radical (unpaired) electrons. The van der Waals surface area contributed by atoms with E-state index in [1.54, 1.807) is 17.9 Å². The number of H-pyrrole nitrogens is 1. The minimum Gasteiger partial charge on any atom is -0.358 e. The average Bonchev–Trinajstić information content (AvgIpc) is 3.31. The predicted molar refractivity (Wildman–Crippen MR) is 107 cm³/mol. The molecular weight excluding hydrogens is 352 g/mol. The van der Waals surface area contributed by atoms with Gasteiger partial charge in [0.2, 0.25) is 0 Å². The van der Waals surface area contributed by atoms with E-state index in [1.165, 1.54) is 4.90 Å². The molecule has 6 heteroatoms. The molecular formula is C22H20N4O2. The Balaban J connectivity index is 1.53. The van der Waals surface area contributed by atoms with Gasteiger partial charge in [0.05, 0.1) is 17.4 Å². The Morgan fingerprint density at radius 2 is 1.79 bits per heavy atom. The molecule has 1 N–H and O–H groups in total. The summed E-state index contributed by atoms with van der Waals surface area (Å²) in [6.45, 7) is 2.11. The molecule has 0 aliphatic carbocycles. The average molecular weight is 372 g/mol. The lowest BCUT2D eigenvalue weighted by molar-refractivity contribution is -0.125.